The van der Waals surface area contributed by atoms with Gasteiger partial charge in [0.15, 0.2) is 0 Å². The second-order valence-electron chi connectivity index (χ2n) is 7.97. The fourth-order valence-corrected chi connectivity index (χ4v) is 4.29. The smallest absolute Gasteiger partial charge is 0.271 e. The maximum Gasteiger partial charge on any atom is 0.271 e. The molecule has 9 heteroatoms. The van der Waals surface area contributed by atoms with Gasteiger partial charge in [0.1, 0.15) is 0 Å². The van der Waals surface area contributed by atoms with E-state index in [9.17, 15) is 23.3 Å². The lowest BCUT2D eigenvalue weighted by Gasteiger charge is -2.25. The van der Waals surface area contributed by atoms with Gasteiger partial charge < -0.3 is 5.32 Å². The molecule has 0 bridgehead atoms. The molecular formula is C24H25N3O5S. The second kappa shape index (κ2) is 9.41. The van der Waals surface area contributed by atoms with Crippen molar-refractivity contribution >= 4 is 33.0 Å². The summed E-state index contributed by atoms with van der Waals surface area (Å²) in [6, 6.07) is 16.5. The van der Waals surface area contributed by atoms with Gasteiger partial charge in [-0.3, -0.25) is 19.2 Å². The van der Waals surface area contributed by atoms with Gasteiger partial charge >= 0.3 is 0 Å². The Labute approximate surface area is 193 Å². The maximum atomic E-state index is 12.7. The van der Waals surface area contributed by atoms with Crippen LogP contribution in [0.25, 0.3) is 0 Å². The molecule has 0 aromatic heterocycles. The minimum atomic E-state index is -3.54. The molecule has 1 N–H and O–H groups in total. The van der Waals surface area contributed by atoms with Crippen molar-refractivity contribution in [2.24, 2.45) is 0 Å². The predicted molar refractivity (Wildman–Crippen MR) is 129 cm³/mol. The molecule has 0 saturated carbocycles. The van der Waals surface area contributed by atoms with Crippen LogP contribution in [-0.4, -0.2) is 25.5 Å². The van der Waals surface area contributed by atoms with Gasteiger partial charge in [-0.25, -0.2) is 8.42 Å². The standard InChI is InChI=1S/C24H25N3O5S/c1-16-5-6-18(3)23(13-16)26(33(4,31)32)15-19-8-10-20(11-9-19)24(28)25-22-14-21(27(29)30)12-7-17(22)2/h5-14H,15H2,1-4H3,(H,25,28). The summed E-state index contributed by atoms with van der Waals surface area (Å²) in [5.74, 6) is -0.417. The van der Waals surface area contributed by atoms with Crippen molar-refractivity contribution < 1.29 is 18.1 Å². The van der Waals surface area contributed by atoms with Crippen LogP contribution < -0.4 is 9.62 Å². The molecule has 0 heterocycles. The van der Waals surface area contributed by atoms with Crippen LogP contribution in [0.3, 0.4) is 0 Å². The molecular weight excluding hydrogens is 442 g/mol. The van der Waals surface area contributed by atoms with Crippen LogP contribution >= 0.6 is 0 Å². The topological polar surface area (TPSA) is 110 Å². The monoisotopic (exact) mass is 467 g/mol. The van der Waals surface area contributed by atoms with Gasteiger partial charge in [-0.1, -0.05) is 30.3 Å². The van der Waals surface area contributed by atoms with E-state index in [1.165, 1.54) is 16.4 Å². The number of hydrogen-bond donors (Lipinski definition) is 1. The zero-order chi connectivity index (χ0) is 24.3. The number of rotatable bonds is 7. The van der Waals surface area contributed by atoms with Crippen LogP contribution in [-0.2, 0) is 16.6 Å². The number of benzene rings is 3. The van der Waals surface area contributed by atoms with E-state index in [2.05, 4.69) is 5.32 Å². The molecule has 3 aromatic carbocycles. The summed E-state index contributed by atoms with van der Waals surface area (Å²) in [4.78, 5) is 23.1. The maximum absolute atomic E-state index is 12.7. The number of carbonyl (C=O) groups excluding carboxylic acids is 1. The van der Waals surface area contributed by atoms with Crippen molar-refractivity contribution in [3.05, 3.63) is 98.6 Å². The SMILES string of the molecule is Cc1ccc(C)c(N(Cc2ccc(C(=O)Nc3cc([N+](=O)[O-])ccc3C)cc2)S(C)(=O)=O)c1. The first kappa shape index (κ1) is 23.9. The molecule has 0 aliphatic carbocycles. The number of sulfonamides is 1. The highest BCUT2D eigenvalue weighted by molar-refractivity contribution is 7.92. The van der Waals surface area contributed by atoms with Gasteiger partial charge in [0.2, 0.25) is 10.0 Å². The second-order valence-corrected chi connectivity index (χ2v) is 9.87. The average Bonchev–Trinajstić information content (AvgIpc) is 2.75. The summed E-state index contributed by atoms with van der Waals surface area (Å²) in [6.45, 7) is 5.63. The molecule has 0 fully saturated rings. The third kappa shape index (κ3) is 5.75. The van der Waals surface area contributed by atoms with Crippen LogP contribution in [0.5, 0.6) is 0 Å². The summed E-state index contributed by atoms with van der Waals surface area (Å²) < 4.78 is 26.3. The zero-order valence-electron chi connectivity index (χ0n) is 18.8. The summed E-state index contributed by atoms with van der Waals surface area (Å²) in [5, 5.41) is 13.7. The Morgan fingerprint density at radius 3 is 2.21 bits per heavy atom. The number of nitro groups is 1. The predicted octanol–water partition coefficient (Wildman–Crippen LogP) is 4.74. The highest BCUT2D eigenvalue weighted by atomic mass is 32.2. The Kier molecular flexibility index (Phi) is 6.83. The normalized spacial score (nSPS) is 11.2. The van der Waals surface area contributed by atoms with Gasteiger partial charge in [-0.15, -0.1) is 0 Å². The van der Waals surface area contributed by atoms with E-state index in [0.29, 0.717) is 28.1 Å². The first-order valence-electron chi connectivity index (χ1n) is 10.2. The van der Waals surface area contributed by atoms with Gasteiger partial charge in [-0.05, 0) is 61.2 Å². The van der Waals surface area contributed by atoms with E-state index in [4.69, 9.17) is 0 Å². The fraction of sp³-hybridized carbons (Fsp3) is 0.208. The zero-order valence-corrected chi connectivity index (χ0v) is 19.6. The van der Waals surface area contributed by atoms with Crippen molar-refractivity contribution in [2.45, 2.75) is 27.3 Å². The molecule has 0 unspecified atom stereocenters. The Morgan fingerprint density at radius 1 is 0.970 bits per heavy atom. The number of nitro benzene ring substituents is 1. The number of hydrogen-bond acceptors (Lipinski definition) is 5. The molecule has 1 amide bonds. The van der Waals surface area contributed by atoms with Crippen LogP contribution in [0.4, 0.5) is 17.1 Å². The Hall–Kier alpha value is -3.72. The van der Waals surface area contributed by atoms with Crippen LogP contribution in [0.1, 0.15) is 32.6 Å². The molecule has 0 aliphatic heterocycles. The van der Waals surface area contributed by atoms with E-state index in [0.717, 1.165) is 17.4 Å². The minimum Gasteiger partial charge on any atom is -0.321 e. The number of nitrogens with zero attached hydrogens (tertiary/aromatic N) is 2. The third-order valence-corrected chi connectivity index (χ3v) is 6.38. The fourth-order valence-electron chi connectivity index (χ4n) is 3.35. The molecule has 8 nitrogen and oxygen atoms in total. The Bertz CT molecular complexity index is 1320. The molecule has 3 rings (SSSR count). The van der Waals surface area contributed by atoms with E-state index >= 15 is 0 Å². The van der Waals surface area contributed by atoms with Crippen LogP contribution in [0, 0.1) is 30.9 Å². The highest BCUT2D eigenvalue weighted by Gasteiger charge is 2.20. The van der Waals surface area contributed by atoms with Gasteiger partial charge in [0, 0.05) is 17.7 Å². The summed E-state index contributed by atoms with van der Waals surface area (Å²) in [7, 11) is -3.54. The van der Waals surface area contributed by atoms with Gasteiger partial charge in [0.05, 0.1) is 29.1 Å². The molecule has 0 atom stereocenters. The first-order chi connectivity index (χ1) is 15.5. The van der Waals surface area contributed by atoms with Crippen molar-refractivity contribution in [3.63, 3.8) is 0 Å². The number of amides is 1. The van der Waals surface area contributed by atoms with Crippen molar-refractivity contribution in [2.75, 3.05) is 15.9 Å². The van der Waals surface area contributed by atoms with Crippen molar-refractivity contribution in [1.29, 1.82) is 0 Å². The number of anilines is 2. The van der Waals surface area contributed by atoms with E-state index < -0.39 is 20.9 Å². The Balaban J connectivity index is 1.82. The number of non-ortho nitro benzene ring substituents is 1. The van der Waals surface area contributed by atoms with Gasteiger partial charge in [0.25, 0.3) is 11.6 Å². The van der Waals surface area contributed by atoms with E-state index in [1.54, 1.807) is 37.3 Å². The van der Waals surface area contributed by atoms with Gasteiger partial charge in [-0.2, -0.15) is 0 Å². The van der Waals surface area contributed by atoms with Crippen LogP contribution in [0.15, 0.2) is 60.7 Å². The number of nitrogens with one attached hydrogen (secondary N) is 1. The largest absolute Gasteiger partial charge is 0.321 e. The molecule has 0 saturated heterocycles. The first-order valence-corrected chi connectivity index (χ1v) is 12.0. The lowest BCUT2D eigenvalue weighted by Crippen LogP contribution is -2.30. The Morgan fingerprint density at radius 2 is 1.61 bits per heavy atom. The third-order valence-electron chi connectivity index (χ3n) is 5.26. The molecule has 33 heavy (non-hydrogen) atoms. The van der Waals surface area contributed by atoms with Crippen molar-refractivity contribution in [3.8, 4) is 0 Å². The number of aryl methyl sites for hydroxylation is 3. The van der Waals surface area contributed by atoms with Crippen LogP contribution in [0.2, 0.25) is 0 Å². The minimum absolute atomic E-state index is 0.112. The summed E-state index contributed by atoms with van der Waals surface area (Å²) in [6.07, 6.45) is 1.16. The molecule has 0 aliphatic rings. The van der Waals surface area contributed by atoms with E-state index in [-0.39, 0.29) is 12.2 Å². The molecule has 0 spiro atoms. The number of carbonyl (C=O) groups is 1. The highest BCUT2D eigenvalue weighted by Crippen LogP contribution is 2.26. The molecule has 172 valence electrons. The van der Waals surface area contributed by atoms with Crippen molar-refractivity contribution in [1.82, 2.24) is 0 Å². The molecule has 3 aromatic rings. The quantitative estimate of drug-likeness (QED) is 0.399. The lowest BCUT2D eigenvalue weighted by atomic mass is 10.1. The van der Waals surface area contributed by atoms with E-state index in [1.807, 2.05) is 32.0 Å². The average molecular weight is 468 g/mol. The summed E-state index contributed by atoms with van der Waals surface area (Å²) >= 11 is 0. The molecule has 0 radical (unpaired) electrons. The lowest BCUT2D eigenvalue weighted by molar-refractivity contribution is -0.384. The summed E-state index contributed by atoms with van der Waals surface area (Å²) in [5.41, 5.74) is 4.41.